The monoisotopic (exact) mass is 476 g/mol. The molecule has 1 rings (SSSR count). The molecule has 0 saturated heterocycles. The highest BCUT2D eigenvalue weighted by atomic mass is 16.5. The Morgan fingerprint density at radius 3 is 2.09 bits per heavy atom. The first kappa shape index (κ1) is 29.5. The lowest BCUT2D eigenvalue weighted by Gasteiger charge is -2.20. The van der Waals surface area contributed by atoms with Crippen LogP contribution in [-0.4, -0.2) is 38.4 Å². The molecule has 0 unspecified atom stereocenters. The van der Waals surface area contributed by atoms with Crippen molar-refractivity contribution in [3.63, 3.8) is 0 Å². The molecule has 0 radical (unpaired) electrons. The average molecular weight is 477 g/mol. The van der Waals surface area contributed by atoms with Crippen molar-refractivity contribution >= 4 is 18.0 Å². The lowest BCUT2D eigenvalue weighted by atomic mass is 9.91. The third kappa shape index (κ3) is 12.1. The van der Waals surface area contributed by atoms with Gasteiger partial charge in [0.1, 0.15) is 0 Å². The van der Waals surface area contributed by atoms with Gasteiger partial charge in [-0.1, -0.05) is 45.6 Å². The molecule has 1 aromatic rings. The van der Waals surface area contributed by atoms with Crippen LogP contribution in [0.15, 0.2) is 24.3 Å². The van der Waals surface area contributed by atoms with E-state index in [4.69, 9.17) is 18.9 Å². The van der Waals surface area contributed by atoms with Gasteiger partial charge in [0.25, 0.3) is 0 Å². The molecule has 0 amide bonds. The van der Waals surface area contributed by atoms with E-state index in [-0.39, 0.29) is 11.9 Å². The number of carbonyl (C=O) groups excluding carboxylic acids is 2. The fourth-order valence-electron chi connectivity index (χ4n) is 3.03. The summed E-state index contributed by atoms with van der Waals surface area (Å²) >= 11 is 0. The first-order chi connectivity index (χ1) is 16.3. The molecule has 0 fully saturated rings. The van der Waals surface area contributed by atoms with Gasteiger partial charge in [-0.2, -0.15) is 0 Å². The summed E-state index contributed by atoms with van der Waals surface area (Å²) in [6.07, 6.45) is 10.8. The van der Waals surface area contributed by atoms with Crippen molar-refractivity contribution in [1.29, 1.82) is 0 Å². The van der Waals surface area contributed by atoms with Crippen LogP contribution in [0.2, 0.25) is 0 Å². The zero-order valence-corrected chi connectivity index (χ0v) is 21.8. The maximum absolute atomic E-state index is 12.0. The normalized spacial score (nSPS) is 11.4. The van der Waals surface area contributed by atoms with Crippen molar-refractivity contribution in [2.75, 3.05) is 26.4 Å². The summed E-state index contributed by atoms with van der Waals surface area (Å²) in [6.45, 7) is 11.9. The van der Waals surface area contributed by atoms with Crippen LogP contribution in [0.3, 0.4) is 0 Å². The Morgan fingerprint density at radius 1 is 0.824 bits per heavy atom. The fourth-order valence-corrected chi connectivity index (χ4v) is 3.03. The van der Waals surface area contributed by atoms with Crippen LogP contribution in [0.1, 0.15) is 91.5 Å². The van der Waals surface area contributed by atoms with Crippen LogP contribution < -0.4 is 9.47 Å². The first-order valence-corrected chi connectivity index (χ1v) is 12.8. The van der Waals surface area contributed by atoms with Gasteiger partial charge in [-0.25, -0.2) is 4.79 Å². The largest absolute Gasteiger partial charge is 0.490 e. The Kier molecular flexibility index (Phi) is 14.8. The number of carbonyl (C=O) groups is 2. The summed E-state index contributed by atoms with van der Waals surface area (Å²) in [6, 6.07) is 5.62. The Morgan fingerprint density at radius 2 is 1.47 bits per heavy atom. The van der Waals surface area contributed by atoms with E-state index in [1.165, 1.54) is 6.08 Å². The van der Waals surface area contributed by atoms with Gasteiger partial charge in [0, 0.05) is 6.08 Å². The first-order valence-electron chi connectivity index (χ1n) is 12.8. The van der Waals surface area contributed by atoms with E-state index < -0.39 is 5.41 Å². The summed E-state index contributed by atoms with van der Waals surface area (Å²) < 4.78 is 22.0. The van der Waals surface area contributed by atoms with Crippen LogP contribution in [0, 0.1) is 5.41 Å². The van der Waals surface area contributed by atoms with Crippen LogP contribution >= 0.6 is 0 Å². The Balaban J connectivity index is 2.19. The topological polar surface area (TPSA) is 71.1 Å². The van der Waals surface area contributed by atoms with Crippen molar-refractivity contribution in [3.05, 3.63) is 29.8 Å². The van der Waals surface area contributed by atoms with Crippen molar-refractivity contribution < 1.29 is 28.5 Å². The molecule has 0 aliphatic rings. The number of esters is 2. The van der Waals surface area contributed by atoms with Crippen molar-refractivity contribution in [1.82, 2.24) is 0 Å². The van der Waals surface area contributed by atoms with Gasteiger partial charge in [0.15, 0.2) is 11.5 Å². The maximum atomic E-state index is 12.0. The van der Waals surface area contributed by atoms with E-state index in [1.54, 1.807) is 6.08 Å². The number of ether oxygens (including phenoxy) is 4. The minimum Gasteiger partial charge on any atom is -0.490 e. The molecule has 0 atom stereocenters. The van der Waals surface area contributed by atoms with Gasteiger partial charge in [0.05, 0.1) is 31.8 Å². The number of hydrogen-bond acceptors (Lipinski definition) is 6. The van der Waals surface area contributed by atoms with E-state index in [0.717, 1.165) is 56.9 Å². The zero-order chi connectivity index (χ0) is 25.2. The lowest BCUT2D eigenvalue weighted by molar-refractivity contribution is -0.154. The van der Waals surface area contributed by atoms with Crippen molar-refractivity contribution in [2.45, 2.75) is 86.0 Å². The smallest absolute Gasteiger partial charge is 0.330 e. The van der Waals surface area contributed by atoms with Gasteiger partial charge in [-0.3, -0.25) is 4.79 Å². The van der Waals surface area contributed by atoms with Gasteiger partial charge >= 0.3 is 11.9 Å². The molecule has 0 bridgehead atoms. The summed E-state index contributed by atoms with van der Waals surface area (Å²) in [5.41, 5.74) is 0.461. The van der Waals surface area contributed by atoms with E-state index in [9.17, 15) is 9.59 Å². The summed E-state index contributed by atoms with van der Waals surface area (Å²) in [5, 5.41) is 0. The third-order valence-corrected chi connectivity index (χ3v) is 5.59. The standard InChI is InChI=1S/C28H44O6/c1-6-19-32-25-22-23(15-17-24(25)31-8-3)16-18-26(29)33-20-13-11-9-10-12-14-21-34-27(30)28(4,5)7-2/h15-18,22H,6-14,19-21H2,1-5H3/b18-16+. The third-order valence-electron chi connectivity index (χ3n) is 5.59. The zero-order valence-electron chi connectivity index (χ0n) is 21.8. The molecule has 1 aromatic carbocycles. The molecule has 0 N–H and O–H groups in total. The molecule has 6 nitrogen and oxygen atoms in total. The lowest BCUT2D eigenvalue weighted by Crippen LogP contribution is -2.26. The molecular formula is C28H44O6. The molecule has 0 heterocycles. The quantitative estimate of drug-likeness (QED) is 0.133. The second kappa shape index (κ2) is 17.0. The second-order valence-corrected chi connectivity index (χ2v) is 8.98. The predicted molar refractivity (Wildman–Crippen MR) is 136 cm³/mol. The predicted octanol–water partition coefficient (Wildman–Crippen LogP) is 6.75. The molecular weight excluding hydrogens is 432 g/mol. The Bertz CT molecular complexity index is 753. The van der Waals surface area contributed by atoms with Crippen LogP contribution in [0.5, 0.6) is 11.5 Å². The molecule has 0 spiro atoms. The average Bonchev–Trinajstić information content (AvgIpc) is 2.83. The highest BCUT2D eigenvalue weighted by molar-refractivity contribution is 5.87. The summed E-state index contributed by atoms with van der Waals surface area (Å²) in [7, 11) is 0. The molecule has 0 aliphatic carbocycles. The summed E-state index contributed by atoms with van der Waals surface area (Å²) in [4.78, 5) is 23.9. The highest BCUT2D eigenvalue weighted by Crippen LogP contribution is 2.29. The van der Waals surface area contributed by atoms with Gasteiger partial charge in [-0.15, -0.1) is 0 Å². The highest BCUT2D eigenvalue weighted by Gasteiger charge is 2.26. The van der Waals surface area contributed by atoms with Crippen molar-refractivity contribution in [2.24, 2.45) is 5.41 Å². The number of hydrogen-bond donors (Lipinski definition) is 0. The molecule has 0 saturated carbocycles. The van der Waals surface area contributed by atoms with Crippen LogP contribution in [-0.2, 0) is 19.1 Å². The van der Waals surface area contributed by atoms with Gasteiger partial charge in [0.2, 0.25) is 0 Å². The number of benzene rings is 1. The molecule has 34 heavy (non-hydrogen) atoms. The van der Waals surface area contributed by atoms with E-state index in [0.29, 0.717) is 37.9 Å². The summed E-state index contributed by atoms with van der Waals surface area (Å²) in [5.74, 6) is 0.930. The number of rotatable bonds is 18. The Labute approximate surface area is 206 Å². The van der Waals surface area contributed by atoms with Crippen LogP contribution in [0.4, 0.5) is 0 Å². The minimum absolute atomic E-state index is 0.112. The fraction of sp³-hybridized carbons (Fsp3) is 0.643. The minimum atomic E-state index is -0.396. The molecule has 6 heteroatoms. The van der Waals surface area contributed by atoms with Crippen LogP contribution in [0.25, 0.3) is 6.08 Å². The van der Waals surface area contributed by atoms with E-state index in [1.807, 2.05) is 45.9 Å². The molecule has 0 aliphatic heterocycles. The number of unbranched alkanes of at least 4 members (excludes halogenated alkanes) is 5. The Hall–Kier alpha value is -2.50. The van der Waals surface area contributed by atoms with Crippen molar-refractivity contribution in [3.8, 4) is 11.5 Å². The van der Waals surface area contributed by atoms with E-state index >= 15 is 0 Å². The van der Waals surface area contributed by atoms with E-state index in [2.05, 4.69) is 6.92 Å². The second-order valence-electron chi connectivity index (χ2n) is 8.98. The van der Waals surface area contributed by atoms with Gasteiger partial charge < -0.3 is 18.9 Å². The maximum Gasteiger partial charge on any atom is 0.330 e. The molecule has 192 valence electrons. The SMILES string of the molecule is CCCOc1cc(/C=C/C(=O)OCCCCCCCCOC(=O)C(C)(C)CC)ccc1OCC. The van der Waals surface area contributed by atoms with Gasteiger partial charge in [-0.05, 0) is 70.2 Å². The molecule has 0 aromatic heterocycles.